The zero-order chi connectivity index (χ0) is 16.7. The van der Waals surface area contributed by atoms with Gasteiger partial charge < -0.3 is 25.9 Å². The quantitative estimate of drug-likeness (QED) is 0.494. The summed E-state index contributed by atoms with van der Waals surface area (Å²) in [5, 5.41) is 19.6. The standard InChI is InChI=1S/C15H11N3O5/c16-12-10(14(20)21)9(11(15(22)23)13(19)18-12)7-2-1-6-3-4-17-8(6)5-7/h1-5,17H,(H,20,21)(H,22,23)(H3,16,18,19). The van der Waals surface area contributed by atoms with Gasteiger partial charge in [-0.05, 0) is 23.1 Å². The van der Waals surface area contributed by atoms with Gasteiger partial charge in [0.2, 0.25) is 0 Å². The molecule has 0 amide bonds. The monoisotopic (exact) mass is 313 g/mol. The van der Waals surface area contributed by atoms with Gasteiger partial charge in [0.1, 0.15) is 16.9 Å². The summed E-state index contributed by atoms with van der Waals surface area (Å²) < 4.78 is 0. The first-order valence-electron chi connectivity index (χ1n) is 6.50. The molecule has 0 aliphatic rings. The Balaban J connectivity index is 2.46. The van der Waals surface area contributed by atoms with Crippen molar-refractivity contribution in [2.24, 2.45) is 0 Å². The molecule has 8 heteroatoms. The number of hydrogen-bond donors (Lipinski definition) is 5. The topological polar surface area (TPSA) is 149 Å². The van der Waals surface area contributed by atoms with Crippen molar-refractivity contribution < 1.29 is 19.8 Å². The second-order valence-electron chi connectivity index (χ2n) is 4.88. The fraction of sp³-hybridized carbons (Fsp3) is 0. The molecule has 3 rings (SSSR count). The summed E-state index contributed by atoms with van der Waals surface area (Å²) in [7, 11) is 0. The highest BCUT2D eigenvalue weighted by molar-refractivity contribution is 6.08. The minimum atomic E-state index is -1.53. The third-order valence-corrected chi connectivity index (χ3v) is 3.52. The molecule has 0 saturated carbocycles. The average molecular weight is 313 g/mol. The summed E-state index contributed by atoms with van der Waals surface area (Å²) in [6.07, 6.45) is 1.69. The van der Waals surface area contributed by atoms with E-state index in [4.69, 9.17) is 5.73 Å². The van der Waals surface area contributed by atoms with E-state index >= 15 is 0 Å². The largest absolute Gasteiger partial charge is 0.478 e. The van der Waals surface area contributed by atoms with Gasteiger partial charge in [-0.15, -0.1) is 0 Å². The number of aromatic nitrogens is 2. The molecule has 8 nitrogen and oxygen atoms in total. The van der Waals surface area contributed by atoms with E-state index in [9.17, 15) is 24.6 Å². The molecule has 0 fully saturated rings. The van der Waals surface area contributed by atoms with Gasteiger partial charge in [0, 0.05) is 17.3 Å². The van der Waals surface area contributed by atoms with Gasteiger partial charge in [-0.1, -0.05) is 12.1 Å². The molecule has 23 heavy (non-hydrogen) atoms. The molecular weight excluding hydrogens is 302 g/mol. The first-order valence-corrected chi connectivity index (χ1v) is 6.50. The third kappa shape index (κ3) is 2.22. The van der Waals surface area contributed by atoms with E-state index in [-0.39, 0.29) is 11.1 Å². The predicted molar refractivity (Wildman–Crippen MR) is 82.7 cm³/mol. The van der Waals surface area contributed by atoms with Crippen molar-refractivity contribution in [3.8, 4) is 11.1 Å². The smallest absolute Gasteiger partial charge is 0.342 e. The van der Waals surface area contributed by atoms with E-state index in [0.29, 0.717) is 5.52 Å². The van der Waals surface area contributed by atoms with E-state index < -0.39 is 34.4 Å². The normalized spacial score (nSPS) is 10.8. The number of nitrogens with two attached hydrogens (primary N) is 1. The Morgan fingerprint density at radius 1 is 1.04 bits per heavy atom. The fourth-order valence-electron chi connectivity index (χ4n) is 2.54. The highest BCUT2D eigenvalue weighted by Gasteiger charge is 2.26. The van der Waals surface area contributed by atoms with Crippen molar-refractivity contribution >= 4 is 28.7 Å². The van der Waals surface area contributed by atoms with E-state index in [1.54, 1.807) is 24.4 Å². The number of carbonyl (C=O) groups is 2. The Morgan fingerprint density at radius 3 is 2.39 bits per heavy atom. The molecule has 0 bridgehead atoms. The number of nitrogens with one attached hydrogen (secondary N) is 2. The van der Waals surface area contributed by atoms with E-state index in [2.05, 4.69) is 9.97 Å². The summed E-state index contributed by atoms with van der Waals surface area (Å²) in [6.45, 7) is 0. The number of benzene rings is 1. The Kier molecular flexibility index (Phi) is 3.14. The maximum atomic E-state index is 11.9. The van der Waals surface area contributed by atoms with Gasteiger partial charge in [-0.2, -0.15) is 0 Å². The van der Waals surface area contributed by atoms with Crippen molar-refractivity contribution in [1.82, 2.24) is 9.97 Å². The van der Waals surface area contributed by atoms with Crippen LogP contribution in [0.5, 0.6) is 0 Å². The Morgan fingerprint density at radius 2 is 1.74 bits per heavy atom. The van der Waals surface area contributed by atoms with Crippen molar-refractivity contribution in [1.29, 1.82) is 0 Å². The summed E-state index contributed by atoms with van der Waals surface area (Å²) in [5.74, 6) is -3.35. The van der Waals surface area contributed by atoms with Crippen LogP contribution in [0.25, 0.3) is 22.0 Å². The lowest BCUT2D eigenvalue weighted by molar-refractivity contribution is 0.0695. The molecule has 0 saturated heterocycles. The summed E-state index contributed by atoms with van der Waals surface area (Å²) >= 11 is 0. The zero-order valence-corrected chi connectivity index (χ0v) is 11.6. The number of aromatic carboxylic acids is 2. The number of rotatable bonds is 3. The van der Waals surface area contributed by atoms with Crippen LogP contribution in [0.2, 0.25) is 0 Å². The molecule has 0 radical (unpaired) electrons. The average Bonchev–Trinajstić information content (AvgIpc) is 2.92. The van der Waals surface area contributed by atoms with Crippen LogP contribution in [0.1, 0.15) is 20.7 Å². The number of fused-ring (bicyclic) bond motifs is 1. The molecule has 0 aliphatic carbocycles. The van der Waals surface area contributed by atoms with Gasteiger partial charge in [0.25, 0.3) is 5.56 Å². The molecule has 0 unspecified atom stereocenters. The Bertz CT molecular complexity index is 1020. The molecular formula is C15H11N3O5. The predicted octanol–water partition coefficient (Wildman–Crippen LogP) is 1.50. The summed E-state index contributed by atoms with van der Waals surface area (Å²) in [4.78, 5) is 39.9. The van der Waals surface area contributed by atoms with E-state index in [0.717, 1.165) is 5.39 Å². The minimum Gasteiger partial charge on any atom is -0.478 e. The molecule has 0 spiro atoms. The molecule has 2 aromatic heterocycles. The highest BCUT2D eigenvalue weighted by atomic mass is 16.4. The van der Waals surface area contributed by atoms with Gasteiger partial charge in [0.05, 0.1) is 0 Å². The lowest BCUT2D eigenvalue weighted by Crippen LogP contribution is -2.24. The van der Waals surface area contributed by atoms with Crippen LogP contribution < -0.4 is 11.3 Å². The second-order valence-corrected chi connectivity index (χ2v) is 4.88. The molecule has 1 aromatic carbocycles. The first-order chi connectivity index (χ1) is 10.9. The molecule has 2 heterocycles. The molecule has 0 aliphatic heterocycles. The molecule has 3 aromatic rings. The van der Waals surface area contributed by atoms with Gasteiger partial charge in [-0.3, -0.25) is 4.79 Å². The van der Waals surface area contributed by atoms with Crippen molar-refractivity contribution in [3.05, 3.63) is 51.9 Å². The van der Waals surface area contributed by atoms with Crippen LogP contribution in [0.3, 0.4) is 0 Å². The van der Waals surface area contributed by atoms with Crippen LogP contribution in [-0.2, 0) is 0 Å². The van der Waals surface area contributed by atoms with Crippen LogP contribution in [0, 0.1) is 0 Å². The number of H-pyrrole nitrogens is 2. The number of carboxylic acids is 2. The van der Waals surface area contributed by atoms with Gasteiger partial charge >= 0.3 is 11.9 Å². The molecule has 0 atom stereocenters. The van der Waals surface area contributed by atoms with Crippen molar-refractivity contribution in [3.63, 3.8) is 0 Å². The number of aromatic amines is 2. The maximum Gasteiger partial charge on any atom is 0.342 e. The minimum absolute atomic E-state index is 0.220. The number of pyridine rings is 1. The van der Waals surface area contributed by atoms with Crippen LogP contribution >= 0.6 is 0 Å². The van der Waals surface area contributed by atoms with E-state index in [1.165, 1.54) is 0 Å². The summed E-state index contributed by atoms with van der Waals surface area (Å²) in [5.41, 5.74) is 4.24. The number of hydrogen-bond acceptors (Lipinski definition) is 4. The summed E-state index contributed by atoms with van der Waals surface area (Å²) in [6, 6.07) is 6.61. The van der Waals surface area contributed by atoms with Gasteiger partial charge in [-0.25, -0.2) is 9.59 Å². The number of nitrogen functional groups attached to an aromatic ring is 1. The van der Waals surface area contributed by atoms with E-state index in [1.807, 2.05) is 6.07 Å². The van der Waals surface area contributed by atoms with Crippen LogP contribution in [0.4, 0.5) is 5.82 Å². The van der Waals surface area contributed by atoms with Crippen LogP contribution in [0.15, 0.2) is 35.3 Å². The first kappa shape index (κ1) is 14.4. The maximum absolute atomic E-state index is 11.9. The van der Waals surface area contributed by atoms with Crippen LogP contribution in [-0.4, -0.2) is 32.1 Å². The Hall–Kier alpha value is -3.55. The van der Waals surface area contributed by atoms with Gasteiger partial charge in [0.15, 0.2) is 0 Å². The lowest BCUT2D eigenvalue weighted by Gasteiger charge is -2.12. The third-order valence-electron chi connectivity index (χ3n) is 3.52. The molecule has 116 valence electrons. The van der Waals surface area contributed by atoms with Crippen molar-refractivity contribution in [2.45, 2.75) is 0 Å². The lowest BCUT2D eigenvalue weighted by atomic mass is 9.95. The SMILES string of the molecule is Nc1[nH]c(=O)c(C(=O)O)c(-c2ccc3cc[nH]c3c2)c1C(=O)O. The highest BCUT2D eigenvalue weighted by Crippen LogP contribution is 2.31. The van der Waals surface area contributed by atoms with Crippen molar-refractivity contribution in [2.75, 3.05) is 5.73 Å². The number of anilines is 1. The zero-order valence-electron chi connectivity index (χ0n) is 11.6. The fourth-order valence-corrected chi connectivity index (χ4v) is 2.54. The number of carboxylic acid groups (broad SMARTS) is 2. The second kappa shape index (κ2) is 5.02. The molecule has 6 N–H and O–H groups in total. The Labute approximate surface area is 128 Å².